The van der Waals surface area contributed by atoms with Gasteiger partial charge in [0, 0.05) is 13.1 Å². The zero-order valence-corrected chi connectivity index (χ0v) is 9.53. The maximum absolute atomic E-state index is 9.25. The van der Waals surface area contributed by atoms with Gasteiger partial charge in [-0.15, -0.1) is 0 Å². The average molecular weight is 228 g/mol. The van der Waals surface area contributed by atoms with E-state index in [1.807, 2.05) is 23.6 Å². The molecular formula is C12H12N4O. The highest BCUT2D eigenvalue weighted by Gasteiger charge is 2.22. The van der Waals surface area contributed by atoms with Crippen molar-refractivity contribution in [2.75, 3.05) is 11.9 Å². The van der Waals surface area contributed by atoms with Gasteiger partial charge in [-0.1, -0.05) is 0 Å². The van der Waals surface area contributed by atoms with Crippen molar-refractivity contribution in [1.29, 1.82) is 5.26 Å². The van der Waals surface area contributed by atoms with Gasteiger partial charge in [0.2, 0.25) is 5.95 Å². The number of hydrogen-bond acceptors (Lipinski definition) is 4. The SMILES string of the molecule is Cc1ccc(-c2nc3n(c2C#N)CCCN3)o1. The van der Waals surface area contributed by atoms with Crippen LogP contribution < -0.4 is 5.32 Å². The Hall–Kier alpha value is -2.22. The number of nitrogens with zero attached hydrogens (tertiary/aromatic N) is 3. The van der Waals surface area contributed by atoms with Gasteiger partial charge in [0.1, 0.15) is 17.5 Å². The van der Waals surface area contributed by atoms with E-state index in [1.165, 1.54) is 0 Å². The Balaban J connectivity index is 2.17. The van der Waals surface area contributed by atoms with Crippen LogP contribution in [-0.2, 0) is 6.54 Å². The van der Waals surface area contributed by atoms with Crippen LogP contribution in [0.3, 0.4) is 0 Å². The van der Waals surface area contributed by atoms with Crippen molar-refractivity contribution in [3.05, 3.63) is 23.6 Å². The minimum absolute atomic E-state index is 0.571. The van der Waals surface area contributed by atoms with E-state index in [0.717, 1.165) is 31.2 Å². The predicted molar refractivity (Wildman–Crippen MR) is 62.5 cm³/mol. The molecule has 0 saturated heterocycles. The molecule has 0 fully saturated rings. The molecule has 0 saturated carbocycles. The summed E-state index contributed by atoms with van der Waals surface area (Å²) in [4.78, 5) is 4.44. The van der Waals surface area contributed by atoms with Crippen molar-refractivity contribution in [2.24, 2.45) is 0 Å². The second-order valence-corrected chi connectivity index (χ2v) is 4.09. The third-order valence-corrected chi connectivity index (χ3v) is 2.89. The topological polar surface area (TPSA) is 66.8 Å². The van der Waals surface area contributed by atoms with Crippen molar-refractivity contribution in [1.82, 2.24) is 9.55 Å². The van der Waals surface area contributed by atoms with Gasteiger partial charge in [0.15, 0.2) is 11.5 Å². The summed E-state index contributed by atoms with van der Waals surface area (Å²) in [5, 5.41) is 12.4. The number of furan rings is 1. The first kappa shape index (κ1) is 9.97. The minimum atomic E-state index is 0.571. The number of fused-ring (bicyclic) bond motifs is 1. The molecule has 3 heterocycles. The number of nitriles is 1. The molecule has 0 bridgehead atoms. The van der Waals surface area contributed by atoms with E-state index in [1.54, 1.807) is 0 Å². The summed E-state index contributed by atoms with van der Waals surface area (Å²) in [7, 11) is 0. The largest absolute Gasteiger partial charge is 0.460 e. The Morgan fingerprint density at radius 1 is 1.53 bits per heavy atom. The van der Waals surface area contributed by atoms with Crippen molar-refractivity contribution >= 4 is 5.95 Å². The Morgan fingerprint density at radius 2 is 2.41 bits per heavy atom. The third kappa shape index (κ3) is 1.49. The summed E-state index contributed by atoms with van der Waals surface area (Å²) in [5.74, 6) is 2.24. The maximum Gasteiger partial charge on any atom is 0.204 e. The van der Waals surface area contributed by atoms with Crippen LogP contribution in [0.1, 0.15) is 17.9 Å². The molecule has 5 nitrogen and oxygen atoms in total. The predicted octanol–water partition coefficient (Wildman–Crippen LogP) is 2.14. The second-order valence-electron chi connectivity index (χ2n) is 4.09. The fourth-order valence-electron chi connectivity index (χ4n) is 2.09. The Morgan fingerprint density at radius 3 is 3.12 bits per heavy atom. The second kappa shape index (κ2) is 3.67. The van der Waals surface area contributed by atoms with E-state index in [2.05, 4.69) is 16.4 Å². The lowest BCUT2D eigenvalue weighted by atomic mass is 10.2. The number of aromatic nitrogens is 2. The standard InChI is InChI=1S/C12H12N4O/c1-8-3-4-10(17-8)11-9(7-13)16-6-2-5-14-12(16)15-11/h3-4H,2,5-6H2,1H3,(H,14,15). The molecule has 86 valence electrons. The van der Waals surface area contributed by atoms with Crippen molar-refractivity contribution in [2.45, 2.75) is 19.9 Å². The average Bonchev–Trinajstić information content (AvgIpc) is 2.91. The molecule has 3 rings (SSSR count). The smallest absolute Gasteiger partial charge is 0.204 e. The monoisotopic (exact) mass is 228 g/mol. The van der Waals surface area contributed by atoms with Gasteiger partial charge in [0.25, 0.3) is 0 Å². The van der Waals surface area contributed by atoms with Gasteiger partial charge in [0.05, 0.1) is 0 Å². The first-order valence-corrected chi connectivity index (χ1v) is 5.61. The number of imidazole rings is 1. The first-order valence-electron chi connectivity index (χ1n) is 5.61. The van der Waals surface area contributed by atoms with E-state index in [-0.39, 0.29) is 0 Å². The molecule has 0 spiro atoms. The molecule has 0 aromatic carbocycles. The molecule has 5 heteroatoms. The summed E-state index contributed by atoms with van der Waals surface area (Å²) in [5.41, 5.74) is 1.20. The van der Waals surface area contributed by atoms with Gasteiger partial charge in [-0.25, -0.2) is 4.98 Å². The number of rotatable bonds is 1. The Kier molecular flexibility index (Phi) is 2.15. The van der Waals surface area contributed by atoms with Gasteiger partial charge in [-0.2, -0.15) is 5.26 Å². The van der Waals surface area contributed by atoms with Gasteiger partial charge < -0.3 is 14.3 Å². The van der Waals surface area contributed by atoms with E-state index < -0.39 is 0 Å². The zero-order valence-electron chi connectivity index (χ0n) is 9.53. The summed E-state index contributed by atoms with van der Waals surface area (Å²) in [6.45, 7) is 3.61. The molecule has 17 heavy (non-hydrogen) atoms. The maximum atomic E-state index is 9.25. The van der Waals surface area contributed by atoms with E-state index in [9.17, 15) is 5.26 Å². The quantitative estimate of drug-likeness (QED) is 0.812. The molecule has 2 aromatic heterocycles. The highest BCUT2D eigenvalue weighted by Crippen LogP contribution is 2.29. The number of anilines is 1. The summed E-state index contributed by atoms with van der Waals surface area (Å²) >= 11 is 0. The minimum Gasteiger partial charge on any atom is -0.460 e. The van der Waals surface area contributed by atoms with Gasteiger partial charge >= 0.3 is 0 Å². The highest BCUT2D eigenvalue weighted by atomic mass is 16.3. The fourth-order valence-corrected chi connectivity index (χ4v) is 2.09. The van der Waals surface area contributed by atoms with Crippen LogP contribution in [0.5, 0.6) is 0 Å². The van der Waals surface area contributed by atoms with Crippen LogP contribution in [0.2, 0.25) is 0 Å². The lowest BCUT2D eigenvalue weighted by Crippen LogP contribution is -2.18. The van der Waals surface area contributed by atoms with Gasteiger partial charge in [-0.05, 0) is 25.5 Å². The summed E-state index contributed by atoms with van der Waals surface area (Å²) in [6.07, 6.45) is 1.01. The van der Waals surface area contributed by atoms with Crippen LogP contribution in [0.4, 0.5) is 5.95 Å². The van der Waals surface area contributed by atoms with E-state index in [0.29, 0.717) is 17.1 Å². The molecule has 1 N–H and O–H groups in total. The molecule has 1 aliphatic heterocycles. The number of nitrogens with one attached hydrogen (secondary N) is 1. The molecule has 0 amide bonds. The lowest BCUT2D eigenvalue weighted by Gasteiger charge is -2.15. The number of aryl methyl sites for hydroxylation is 1. The third-order valence-electron chi connectivity index (χ3n) is 2.89. The molecule has 0 unspecified atom stereocenters. The van der Waals surface area contributed by atoms with Gasteiger partial charge in [-0.3, -0.25) is 0 Å². The molecule has 0 aliphatic carbocycles. The van der Waals surface area contributed by atoms with Crippen molar-refractivity contribution in [3.63, 3.8) is 0 Å². The van der Waals surface area contributed by atoms with Crippen molar-refractivity contribution < 1.29 is 4.42 Å². The van der Waals surface area contributed by atoms with Crippen LogP contribution in [0.15, 0.2) is 16.5 Å². The van der Waals surface area contributed by atoms with Crippen LogP contribution in [-0.4, -0.2) is 16.1 Å². The van der Waals surface area contributed by atoms with Crippen LogP contribution in [0.25, 0.3) is 11.5 Å². The zero-order chi connectivity index (χ0) is 11.8. The summed E-state index contributed by atoms with van der Waals surface area (Å²) in [6, 6.07) is 5.94. The van der Waals surface area contributed by atoms with Crippen LogP contribution >= 0.6 is 0 Å². The molecule has 2 aromatic rings. The molecule has 1 aliphatic rings. The molecule has 0 radical (unpaired) electrons. The molecular weight excluding hydrogens is 216 g/mol. The summed E-state index contributed by atoms with van der Waals surface area (Å²) < 4.78 is 7.45. The van der Waals surface area contributed by atoms with Crippen LogP contribution in [0, 0.1) is 18.3 Å². The Labute approximate surface area is 98.7 Å². The first-order chi connectivity index (χ1) is 8.29. The van der Waals surface area contributed by atoms with E-state index in [4.69, 9.17) is 4.42 Å². The Bertz CT molecular complexity index is 603. The normalized spacial score (nSPS) is 13.9. The number of hydrogen-bond donors (Lipinski definition) is 1. The lowest BCUT2D eigenvalue weighted by molar-refractivity contribution is 0.546. The fraction of sp³-hybridized carbons (Fsp3) is 0.333. The van der Waals surface area contributed by atoms with Crippen molar-refractivity contribution in [3.8, 4) is 17.5 Å². The van der Waals surface area contributed by atoms with E-state index >= 15 is 0 Å². The molecule has 0 atom stereocenters. The highest BCUT2D eigenvalue weighted by molar-refractivity contribution is 5.63.